The van der Waals surface area contributed by atoms with E-state index in [2.05, 4.69) is 12.1 Å². The number of amides is 1. The highest BCUT2D eigenvalue weighted by Crippen LogP contribution is 2.57. The van der Waals surface area contributed by atoms with E-state index >= 15 is 0 Å². The number of para-hydroxylation sites is 1. The van der Waals surface area contributed by atoms with Crippen molar-refractivity contribution in [3.8, 4) is 0 Å². The number of aromatic carboxylic acids is 1. The molecular formula is C23H18ClNO3. The van der Waals surface area contributed by atoms with E-state index in [-0.39, 0.29) is 11.5 Å². The molecule has 1 saturated carbocycles. The minimum absolute atomic E-state index is 0.133. The molecule has 140 valence electrons. The van der Waals surface area contributed by atoms with Gasteiger partial charge in [-0.1, -0.05) is 42.5 Å². The number of allylic oxidation sites excluding steroid dienone is 3. The average Bonchev–Trinajstić information content (AvgIpc) is 3.49. The molecule has 0 aromatic heterocycles. The van der Waals surface area contributed by atoms with Gasteiger partial charge in [-0.2, -0.15) is 0 Å². The second-order valence-corrected chi connectivity index (χ2v) is 8.28. The number of benzene rings is 2. The van der Waals surface area contributed by atoms with Crippen molar-refractivity contribution in [1.29, 1.82) is 0 Å². The SMILES string of the molecule is O=C(O)c1cccc(N2C(=O)C3(Cl)C=CC(=CC3)[C@H]3C[C@H]3c3ccccc32)c1. The summed E-state index contributed by atoms with van der Waals surface area (Å²) < 4.78 is 0. The fourth-order valence-corrected chi connectivity index (χ4v) is 4.53. The van der Waals surface area contributed by atoms with Crippen LogP contribution >= 0.6 is 11.6 Å². The summed E-state index contributed by atoms with van der Waals surface area (Å²) in [7, 11) is 0. The van der Waals surface area contributed by atoms with Crippen LogP contribution in [0.4, 0.5) is 11.4 Å². The van der Waals surface area contributed by atoms with Gasteiger partial charge in [-0.3, -0.25) is 9.69 Å². The van der Waals surface area contributed by atoms with Crippen LogP contribution in [0, 0.1) is 5.92 Å². The molecular weight excluding hydrogens is 374 g/mol. The number of halogens is 1. The molecule has 2 bridgehead atoms. The number of carboxylic acids is 1. The van der Waals surface area contributed by atoms with E-state index in [0.29, 0.717) is 23.9 Å². The highest BCUT2D eigenvalue weighted by atomic mass is 35.5. The summed E-state index contributed by atoms with van der Waals surface area (Å²) in [4.78, 5) is 25.6. The van der Waals surface area contributed by atoms with E-state index in [4.69, 9.17) is 11.6 Å². The fourth-order valence-electron chi connectivity index (χ4n) is 4.31. The lowest BCUT2D eigenvalue weighted by Gasteiger charge is -2.34. The Morgan fingerprint density at radius 2 is 1.96 bits per heavy atom. The predicted molar refractivity (Wildman–Crippen MR) is 108 cm³/mol. The maximum absolute atomic E-state index is 13.7. The zero-order valence-corrected chi connectivity index (χ0v) is 15.8. The minimum Gasteiger partial charge on any atom is -0.478 e. The van der Waals surface area contributed by atoms with Crippen LogP contribution in [0.25, 0.3) is 0 Å². The molecule has 1 fully saturated rings. The molecule has 2 aromatic rings. The molecule has 6 rings (SSSR count). The normalized spacial score (nSPS) is 27.7. The van der Waals surface area contributed by atoms with E-state index in [0.717, 1.165) is 17.7 Å². The van der Waals surface area contributed by atoms with E-state index in [1.165, 1.54) is 17.7 Å². The molecule has 1 amide bonds. The van der Waals surface area contributed by atoms with Crippen molar-refractivity contribution in [2.45, 2.75) is 23.6 Å². The number of nitrogens with zero attached hydrogens (tertiary/aromatic N) is 1. The van der Waals surface area contributed by atoms with Crippen molar-refractivity contribution < 1.29 is 14.7 Å². The number of rotatable bonds is 2. The molecule has 2 aliphatic carbocycles. The zero-order valence-electron chi connectivity index (χ0n) is 15.0. The second-order valence-electron chi connectivity index (χ2n) is 7.61. The molecule has 2 aliphatic heterocycles. The van der Waals surface area contributed by atoms with Crippen LogP contribution in [0.3, 0.4) is 0 Å². The summed E-state index contributed by atoms with van der Waals surface area (Å²) in [5.74, 6) is -0.503. The van der Waals surface area contributed by atoms with Gasteiger partial charge < -0.3 is 5.11 Å². The van der Waals surface area contributed by atoms with E-state index in [1.54, 1.807) is 23.1 Å². The number of hydrogen-bond donors (Lipinski definition) is 1. The van der Waals surface area contributed by atoms with Crippen molar-refractivity contribution in [2.24, 2.45) is 5.92 Å². The molecule has 1 N–H and O–H groups in total. The number of carboxylic acid groups (broad SMARTS) is 1. The Kier molecular flexibility index (Phi) is 3.75. The van der Waals surface area contributed by atoms with Gasteiger partial charge in [0.2, 0.25) is 0 Å². The fraction of sp³-hybridized carbons (Fsp3) is 0.217. The van der Waals surface area contributed by atoms with Gasteiger partial charge in [0.1, 0.15) is 4.87 Å². The van der Waals surface area contributed by atoms with Gasteiger partial charge in [-0.25, -0.2) is 4.79 Å². The van der Waals surface area contributed by atoms with Crippen LogP contribution in [0.5, 0.6) is 0 Å². The topological polar surface area (TPSA) is 57.6 Å². The number of hydrogen-bond acceptors (Lipinski definition) is 2. The monoisotopic (exact) mass is 391 g/mol. The molecule has 2 aromatic carbocycles. The number of carbonyl (C=O) groups is 2. The van der Waals surface area contributed by atoms with Gasteiger partial charge in [-0.15, -0.1) is 11.6 Å². The van der Waals surface area contributed by atoms with Gasteiger partial charge >= 0.3 is 5.97 Å². The van der Waals surface area contributed by atoms with Crippen molar-refractivity contribution in [3.63, 3.8) is 0 Å². The number of anilines is 2. The molecule has 0 spiro atoms. The van der Waals surface area contributed by atoms with E-state index in [1.807, 2.05) is 24.3 Å². The summed E-state index contributed by atoms with van der Waals surface area (Å²) in [5.41, 5.74) is 3.78. The first-order chi connectivity index (χ1) is 13.5. The summed E-state index contributed by atoms with van der Waals surface area (Å²) in [5, 5.41) is 9.41. The Hall–Kier alpha value is -2.85. The third kappa shape index (κ3) is 2.60. The third-order valence-corrected chi connectivity index (χ3v) is 6.32. The minimum atomic E-state index is -1.18. The molecule has 1 unspecified atom stereocenters. The molecule has 0 saturated heterocycles. The quantitative estimate of drug-likeness (QED) is 0.730. The first-order valence-electron chi connectivity index (χ1n) is 9.33. The van der Waals surface area contributed by atoms with Crippen molar-refractivity contribution >= 4 is 34.9 Å². The lowest BCUT2D eigenvalue weighted by molar-refractivity contribution is -0.119. The Balaban J connectivity index is 1.74. The van der Waals surface area contributed by atoms with Crippen molar-refractivity contribution in [3.05, 3.63) is 83.5 Å². The Morgan fingerprint density at radius 1 is 1.14 bits per heavy atom. The Bertz CT molecular complexity index is 1070. The predicted octanol–water partition coefficient (Wildman–Crippen LogP) is 5.03. The van der Waals surface area contributed by atoms with Gasteiger partial charge in [0.25, 0.3) is 5.91 Å². The molecule has 4 nitrogen and oxygen atoms in total. The van der Waals surface area contributed by atoms with Crippen LogP contribution in [-0.2, 0) is 4.79 Å². The van der Waals surface area contributed by atoms with E-state index in [9.17, 15) is 14.7 Å². The Labute approximate surface area is 167 Å². The smallest absolute Gasteiger partial charge is 0.335 e. The van der Waals surface area contributed by atoms with Gasteiger partial charge in [-0.05, 0) is 60.1 Å². The maximum Gasteiger partial charge on any atom is 0.335 e. The first-order valence-corrected chi connectivity index (χ1v) is 9.71. The number of carbonyl (C=O) groups excluding carboxylic acids is 1. The number of alkyl halides is 1. The zero-order chi connectivity index (χ0) is 19.5. The summed E-state index contributed by atoms with van der Waals surface area (Å²) in [6.45, 7) is 0. The second kappa shape index (κ2) is 6.08. The summed E-state index contributed by atoms with van der Waals surface area (Å²) >= 11 is 6.79. The van der Waals surface area contributed by atoms with Crippen LogP contribution in [0.15, 0.2) is 72.3 Å². The molecule has 5 heteroatoms. The highest BCUT2D eigenvalue weighted by Gasteiger charge is 2.47. The third-order valence-electron chi connectivity index (χ3n) is 5.88. The van der Waals surface area contributed by atoms with Gasteiger partial charge in [0.05, 0.1) is 11.3 Å². The van der Waals surface area contributed by atoms with Crippen LogP contribution in [0.1, 0.15) is 34.7 Å². The average molecular weight is 392 g/mol. The van der Waals surface area contributed by atoms with E-state index < -0.39 is 10.8 Å². The van der Waals surface area contributed by atoms with Gasteiger partial charge in [0.15, 0.2) is 0 Å². The lowest BCUT2D eigenvalue weighted by atomic mass is 9.89. The number of fused-ring (bicyclic) bond motifs is 2. The molecule has 2 heterocycles. The molecule has 3 atom stereocenters. The standard InChI is InChI=1S/C23H18ClNO3/c24-23-10-8-14(9-11-23)18-13-19(18)17-6-1-2-7-20(17)25(22(23)28)16-5-3-4-15(12-16)21(26)27/h1-10,12,18-19H,11,13H2,(H,26,27)/t18-,19+,23?/m1/s1. The first kappa shape index (κ1) is 17.3. The van der Waals surface area contributed by atoms with Crippen LogP contribution in [-0.4, -0.2) is 21.9 Å². The van der Waals surface area contributed by atoms with Gasteiger partial charge in [0, 0.05) is 5.69 Å². The molecule has 4 aliphatic rings. The van der Waals surface area contributed by atoms with Crippen molar-refractivity contribution in [2.75, 3.05) is 4.90 Å². The van der Waals surface area contributed by atoms with Crippen LogP contribution < -0.4 is 4.90 Å². The molecule has 28 heavy (non-hydrogen) atoms. The lowest BCUT2D eigenvalue weighted by Crippen LogP contribution is -2.43. The maximum atomic E-state index is 13.7. The Morgan fingerprint density at radius 3 is 2.71 bits per heavy atom. The summed E-state index contributed by atoms with van der Waals surface area (Å²) in [6, 6.07) is 14.3. The largest absolute Gasteiger partial charge is 0.478 e. The summed E-state index contributed by atoms with van der Waals surface area (Å²) in [6.07, 6.45) is 7.33. The highest BCUT2D eigenvalue weighted by molar-refractivity contribution is 6.39. The van der Waals surface area contributed by atoms with Crippen molar-refractivity contribution in [1.82, 2.24) is 0 Å². The molecule has 0 radical (unpaired) electrons. The van der Waals surface area contributed by atoms with Crippen LogP contribution in [0.2, 0.25) is 0 Å².